The molecule has 1 atom stereocenters. The van der Waals surface area contributed by atoms with Crippen LogP contribution < -0.4 is 5.56 Å². The summed E-state index contributed by atoms with van der Waals surface area (Å²) in [5.41, 5.74) is 1.07. The van der Waals surface area contributed by atoms with E-state index in [1.54, 1.807) is 22.2 Å². The van der Waals surface area contributed by atoms with E-state index in [-0.39, 0.29) is 18.2 Å². The highest BCUT2D eigenvalue weighted by Crippen LogP contribution is 2.27. The number of nitrogens with zero attached hydrogens (tertiary/aromatic N) is 2. The first kappa shape index (κ1) is 13.2. The van der Waals surface area contributed by atoms with E-state index < -0.39 is 0 Å². The Morgan fingerprint density at radius 1 is 1.50 bits per heavy atom. The van der Waals surface area contributed by atoms with Crippen LogP contribution in [0.15, 0.2) is 11.1 Å². The third kappa shape index (κ3) is 1.97. The summed E-state index contributed by atoms with van der Waals surface area (Å²) in [6.45, 7) is 6.00. The van der Waals surface area contributed by atoms with Crippen molar-refractivity contribution in [2.45, 2.75) is 39.7 Å². The largest absolute Gasteiger partial charge is 0.394 e. The topological polar surface area (TPSA) is 55.1 Å². The van der Waals surface area contributed by atoms with Gasteiger partial charge in [0, 0.05) is 4.88 Å². The molecule has 0 spiro atoms. The Morgan fingerprint density at radius 3 is 2.78 bits per heavy atom. The van der Waals surface area contributed by atoms with Crippen LogP contribution in [0.1, 0.15) is 36.8 Å². The number of aliphatic hydroxyl groups is 1. The van der Waals surface area contributed by atoms with Crippen LogP contribution in [-0.2, 0) is 6.42 Å². The average molecular weight is 266 g/mol. The molecule has 2 heterocycles. The second-order valence-electron chi connectivity index (χ2n) is 4.37. The van der Waals surface area contributed by atoms with E-state index in [2.05, 4.69) is 11.9 Å². The third-order valence-electron chi connectivity index (χ3n) is 3.37. The average Bonchev–Trinajstić information content (AvgIpc) is 2.69. The number of hydrogen-bond acceptors (Lipinski definition) is 4. The molecule has 0 bridgehead atoms. The monoisotopic (exact) mass is 266 g/mol. The number of thiophene rings is 1. The summed E-state index contributed by atoms with van der Waals surface area (Å²) in [6, 6.07) is -0.181. The Hall–Kier alpha value is -1.20. The number of aliphatic hydroxyl groups excluding tert-OH is 1. The van der Waals surface area contributed by atoms with Crippen molar-refractivity contribution in [2.24, 2.45) is 0 Å². The number of rotatable bonds is 4. The van der Waals surface area contributed by atoms with Gasteiger partial charge in [0.25, 0.3) is 5.56 Å². The Bertz CT molecular complexity index is 611. The second-order valence-corrected chi connectivity index (χ2v) is 5.58. The molecular formula is C13H18N2O2S. The number of aromatic nitrogens is 2. The molecule has 0 fully saturated rings. The molecule has 2 aromatic heterocycles. The molecule has 0 saturated carbocycles. The molecule has 0 aliphatic carbocycles. The van der Waals surface area contributed by atoms with E-state index in [1.165, 1.54) is 0 Å². The van der Waals surface area contributed by atoms with Gasteiger partial charge in [-0.1, -0.05) is 13.8 Å². The Labute approximate surface area is 110 Å². The summed E-state index contributed by atoms with van der Waals surface area (Å²) < 4.78 is 1.56. The molecule has 0 aromatic carbocycles. The van der Waals surface area contributed by atoms with Crippen LogP contribution in [0.5, 0.6) is 0 Å². The Morgan fingerprint density at radius 2 is 2.22 bits per heavy atom. The first-order valence-electron chi connectivity index (χ1n) is 6.23. The van der Waals surface area contributed by atoms with Gasteiger partial charge in [0.1, 0.15) is 4.83 Å². The molecule has 5 heteroatoms. The summed E-state index contributed by atoms with van der Waals surface area (Å²) in [5, 5.41) is 10.1. The standard InChI is InChI=1S/C13H18N2O2S/c1-4-9(6-16)15-7-14-12-11(13(15)17)10(5-2)8(3)18-12/h7,9,16H,4-6H2,1-3H3. The zero-order valence-electron chi connectivity index (χ0n) is 10.9. The minimum absolute atomic E-state index is 0.0258. The van der Waals surface area contributed by atoms with Crippen LogP contribution in [-0.4, -0.2) is 21.3 Å². The van der Waals surface area contributed by atoms with Gasteiger partial charge in [0.15, 0.2) is 0 Å². The molecule has 18 heavy (non-hydrogen) atoms. The van der Waals surface area contributed by atoms with Crippen LogP contribution in [0.3, 0.4) is 0 Å². The molecular weight excluding hydrogens is 248 g/mol. The van der Waals surface area contributed by atoms with Crippen LogP contribution in [0.25, 0.3) is 10.2 Å². The number of hydrogen-bond donors (Lipinski definition) is 1. The van der Waals surface area contributed by atoms with Crippen LogP contribution in [0.2, 0.25) is 0 Å². The van der Waals surface area contributed by atoms with Crippen molar-refractivity contribution in [1.29, 1.82) is 0 Å². The Balaban J connectivity index is 2.73. The van der Waals surface area contributed by atoms with Gasteiger partial charge < -0.3 is 5.11 Å². The lowest BCUT2D eigenvalue weighted by Gasteiger charge is -2.14. The molecule has 0 aliphatic heterocycles. The molecule has 0 saturated heterocycles. The van der Waals surface area contributed by atoms with E-state index in [9.17, 15) is 9.90 Å². The predicted molar refractivity (Wildman–Crippen MR) is 74.4 cm³/mol. The van der Waals surface area contributed by atoms with Crippen molar-refractivity contribution in [3.63, 3.8) is 0 Å². The minimum Gasteiger partial charge on any atom is -0.394 e. The zero-order valence-corrected chi connectivity index (χ0v) is 11.8. The maximum Gasteiger partial charge on any atom is 0.262 e. The lowest BCUT2D eigenvalue weighted by Crippen LogP contribution is -2.27. The maximum atomic E-state index is 12.5. The van der Waals surface area contributed by atoms with Gasteiger partial charge >= 0.3 is 0 Å². The van der Waals surface area contributed by atoms with Crippen molar-refractivity contribution >= 4 is 21.6 Å². The van der Waals surface area contributed by atoms with Gasteiger partial charge in [-0.25, -0.2) is 4.98 Å². The molecule has 98 valence electrons. The highest BCUT2D eigenvalue weighted by atomic mass is 32.1. The number of fused-ring (bicyclic) bond motifs is 1. The third-order valence-corrected chi connectivity index (χ3v) is 4.42. The Kier molecular flexibility index (Phi) is 3.82. The van der Waals surface area contributed by atoms with Gasteiger partial charge in [-0.15, -0.1) is 11.3 Å². The lowest BCUT2D eigenvalue weighted by molar-refractivity contribution is 0.221. The fourth-order valence-electron chi connectivity index (χ4n) is 2.27. The fourth-order valence-corrected chi connectivity index (χ4v) is 3.34. The molecule has 0 aliphatic rings. The van der Waals surface area contributed by atoms with E-state index in [4.69, 9.17) is 0 Å². The summed E-state index contributed by atoms with van der Waals surface area (Å²) in [6.07, 6.45) is 3.11. The highest BCUT2D eigenvalue weighted by Gasteiger charge is 2.17. The van der Waals surface area contributed by atoms with Crippen molar-refractivity contribution in [3.05, 3.63) is 27.1 Å². The van der Waals surface area contributed by atoms with Crippen LogP contribution in [0.4, 0.5) is 0 Å². The molecule has 2 aromatic rings. The normalized spacial score (nSPS) is 13.1. The van der Waals surface area contributed by atoms with Gasteiger partial charge in [-0.3, -0.25) is 9.36 Å². The van der Waals surface area contributed by atoms with E-state index in [0.29, 0.717) is 6.42 Å². The summed E-state index contributed by atoms with van der Waals surface area (Å²) >= 11 is 1.57. The molecule has 0 radical (unpaired) electrons. The smallest absolute Gasteiger partial charge is 0.262 e. The first-order valence-corrected chi connectivity index (χ1v) is 7.05. The van der Waals surface area contributed by atoms with Crippen molar-refractivity contribution in [3.8, 4) is 0 Å². The van der Waals surface area contributed by atoms with Crippen molar-refractivity contribution in [2.75, 3.05) is 6.61 Å². The van der Waals surface area contributed by atoms with Gasteiger partial charge in [0.2, 0.25) is 0 Å². The van der Waals surface area contributed by atoms with E-state index in [0.717, 1.165) is 27.1 Å². The number of aryl methyl sites for hydroxylation is 2. The first-order chi connectivity index (χ1) is 8.63. The van der Waals surface area contributed by atoms with Gasteiger partial charge in [-0.2, -0.15) is 0 Å². The lowest BCUT2D eigenvalue weighted by atomic mass is 10.1. The summed E-state index contributed by atoms with van der Waals surface area (Å²) in [4.78, 5) is 18.8. The zero-order chi connectivity index (χ0) is 13.3. The molecule has 2 rings (SSSR count). The fraction of sp³-hybridized carbons (Fsp3) is 0.538. The van der Waals surface area contributed by atoms with E-state index >= 15 is 0 Å². The molecule has 4 nitrogen and oxygen atoms in total. The van der Waals surface area contributed by atoms with Gasteiger partial charge in [-0.05, 0) is 25.3 Å². The predicted octanol–water partition coefficient (Wildman–Crippen LogP) is 2.27. The quantitative estimate of drug-likeness (QED) is 0.923. The van der Waals surface area contributed by atoms with Gasteiger partial charge in [0.05, 0.1) is 24.4 Å². The molecule has 1 unspecified atom stereocenters. The van der Waals surface area contributed by atoms with Crippen LogP contribution >= 0.6 is 11.3 Å². The van der Waals surface area contributed by atoms with E-state index in [1.807, 2.05) is 13.8 Å². The summed E-state index contributed by atoms with van der Waals surface area (Å²) in [5.74, 6) is 0. The molecule has 0 amide bonds. The second kappa shape index (κ2) is 5.20. The minimum atomic E-state index is -0.181. The highest BCUT2D eigenvalue weighted by molar-refractivity contribution is 7.18. The maximum absolute atomic E-state index is 12.5. The SMILES string of the molecule is CCc1c(C)sc2ncn(C(CC)CO)c(=O)c12. The summed E-state index contributed by atoms with van der Waals surface area (Å²) in [7, 11) is 0. The van der Waals surface area contributed by atoms with Crippen molar-refractivity contribution in [1.82, 2.24) is 9.55 Å². The molecule has 1 N–H and O–H groups in total. The van der Waals surface area contributed by atoms with Crippen LogP contribution in [0, 0.1) is 6.92 Å². The van der Waals surface area contributed by atoms with Crippen molar-refractivity contribution < 1.29 is 5.11 Å².